The molecular weight excluding hydrogens is 186 g/mol. The molecule has 2 heteroatoms. The van der Waals surface area contributed by atoms with E-state index in [9.17, 15) is 4.79 Å². The van der Waals surface area contributed by atoms with E-state index in [2.05, 4.69) is 39.8 Å². The normalized spacial score (nSPS) is 42.9. The van der Waals surface area contributed by atoms with E-state index in [1.54, 1.807) is 0 Å². The van der Waals surface area contributed by atoms with Crippen LogP contribution in [0.3, 0.4) is 0 Å². The monoisotopic (exact) mass is 209 g/mol. The number of fused-ring (bicyclic) bond motifs is 2. The van der Waals surface area contributed by atoms with Gasteiger partial charge in [0.05, 0.1) is 0 Å². The molecule has 0 amide bonds. The largest absolute Gasteiger partial charge is 0.309 e. The van der Waals surface area contributed by atoms with E-state index in [1.807, 2.05) is 0 Å². The summed E-state index contributed by atoms with van der Waals surface area (Å²) in [6.07, 6.45) is 1.14. The number of ketones is 1. The molecule has 2 fully saturated rings. The number of rotatable bonds is 2. The van der Waals surface area contributed by atoms with Gasteiger partial charge in [-0.25, -0.2) is 0 Å². The second-order valence-electron chi connectivity index (χ2n) is 6.33. The molecule has 0 aromatic carbocycles. The lowest BCUT2D eigenvalue weighted by atomic mass is 9.65. The van der Waals surface area contributed by atoms with Crippen LogP contribution in [0.15, 0.2) is 0 Å². The number of hydrogen-bond acceptors (Lipinski definition) is 2. The summed E-state index contributed by atoms with van der Waals surface area (Å²) in [6.45, 7) is 7.89. The molecule has 0 heterocycles. The third-order valence-electron chi connectivity index (χ3n) is 5.02. The Morgan fingerprint density at radius 3 is 2.47 bits per heavy atom. The quantitative estimate of drug-likeness (QED) is 0.693. The van der Waals surface area contributed by atoms with Gasteiger partial charge in [-0.05, 0) is 37.8 Å². The Kier molecular flexibility index (Phi) is 2.45. The fraction of sp³-hybridized carbons (Fsp3) is 0.923. The van der Waals surface area contributed by atoms with Crippen molar-refractivity contribution in [1.29, 1.82) is 0 Å². The molecule has 2 aliphatic carbocycles. The topological polar surface area (TPSA) is 20.3 Å². The molecule has 2 saturated carbocycles. The second kappa shape index (κ2) is 3.31. The van der Waals surface area contributed by atoms with Gasteiger partial charge >= 0.3 is 0 Å². The van der Waals surface area contributed by atoms with Crippen molar-refractivity contribution >= 4 is 5.78 Å². The molecule has 0 aromatic rings. The van der Waals surface area contributed by atoms with Crippen molar-refractivity contribution in [3.8, 4) is 0 Å². The number of nitrogens with zero attached hydrogens (tertiary/aromatic N) is 1. The zero-order chi connectivity index (χ0) is 11.4. The van der Waals surface area contributed by atoms with Gasteiger partial charge in [0.2, 0.25) is 0 Å². The van der Waals surface area contributed by atoms with Crippen molar-refractivity contribution in [2.75, 3.05) is 20.6 Å². The van der Waals surface area contributed by atoms with Crippen molar-refractivity contribution < 1.29 is 4.79 Å². The molecule has 0 aromatic heterocycles. The van der Waals surface area contributed by atoms with Crippen LogP contribution in [-0.4, -0.2) is 31.3 Å². The average Bonchev–Trinajstić information content (AvgIpc) is 2.52. The minimum atomic E-state index is 0.302. The summed E-state index contributed by atoms with van der Waals surface area (Å²) < 4.78 is 0. The fourth-order valence-corrected chi connectivity index (χ4v) is 3.77. The van der Waals surface area contributed by atoms with Gasteiger partial charge in [-0.15, -0.1) is 0 Å². The first kappa shape index (κ1) is 11.1. The number of Topliss-reactive ketones (excluding diaryl/α,β-unsaturated/α-hetero) is 1. The van der Waals surface area contributed by atoms with Crippen LogP contribution in [0.25, 0.3) is 0 Å². The maximum absolute atomic E-state index is 12.2. The van der Waals surface area contributed by atoms with Crippen LogP contribution in [0.4, 0.5) is 0 Å². The minimum Gasteiger partial charge on any atom is -0.309 e. The first-order valence-electron chi connectivity index (χ1n) is 6.04. The van der Waals surface area contributed by atoms with Crippen LogP contribution >= 0.6 is 0 Å². The summed E-state index contributed by atoms with van der Waals surface area (Å²) in [6, 6.07) is 0. The zero-order valence-corrected chi connectivity index (χ0v) is 10.6. The Balaban J connectivity index is 2.21. The maximum atomic E-state index is 12.2. The molecule has 0 aliphatic heterocycles. The lowest BCUT2D eigenvalue weighted by Gasteiger charge is -2.40. The molecule has 2 nitrogen and oxygen atoms in total. The minimum absolute atomic E-state index is 0.302. The molecule has 0 unspecified atom stereocenters. The summed E-state index contributed by atoms with van der Waals surface area (Å²) >= 11 is 0. The van der Waals surface area contributed by atoms with E-state index in [-0.39, 0.29) is 0 Å². The van der Waals surface area contributed by atoms with E-state index in [4.69, 9.17) is 0 Å². The smallest absolute Gasteiger partial charge is 0.140 e. The van der Waals surface area contributed by atoms with E-state index in [1.165, 1.54) is 0 Å². The highest BCUT2D eigenvalue weighted by Crippen LogP contribution is 2.59. The number of carbonyl (C=O) groups is 1. The van der Waals surface area contributed by atoms with E-state index in [0.29, 0.717) is 34.9 Å². The first-order chi connectivity index (χ1) is 6.85. The van der Waals surface area contributed by atoms with Crippen molar-refractivity contribution in [2.24, 2.45) is 29.1 Å². The Hall–Kier alpha value is -0.370. The molecule has 2 rings (SSSR count). The summed E-state index contributed by atoms with van der Waals surface area (Å²) in [5.74, 6) is 2.40. The highest BCUT2D eigenvalue weighted by molar-refractivity contribution is 5.87. The second-order valence-corrected chi connectivity index (χ2v) is 6.33. The lowest BCUT2D eigenvalue weighted by molar-refractivity contribution is -0.131. The molecule has 0 saturated heterocycles. The summed E-state index contributed by atoms with van der Waals surface area (Å²) in [4.78, 5) is 14.3. The highest BCUT2D eigenvalue weighted by Gasteiger charge is 2.59. The molecule has 2 aliphatic rings. The van der Waals surface area contributed by atoms with Gasteiger partial charge < -0.3 is 4.90 Å². The third-order valence-corrected chi connectivity index (χ3v) is 5.02. The average molecular weight is 209 g/mol. The highest BCUT2D eigenvalue weighted by atomic mass is 16.1. The zero-order valence-electron chi connectivity index (χ0n) is 10.6. The Morgan fingerprint density at radius 1 is 1.40 bits per heavy atom. The first-order valence-corrected chi connectivity index (χ1v) is 6.04. The number of hydrogen-bond donors (Lipinski definition) is 0. The fourth-order valence-electron chi connectivity index (χ4n) is 3.77. The van der Waals surface area contributed by atoms with E-state index < -0.39 is 0 Å². The van der Waals surface area contributed by atoms with Crippen LogP contribution in [0.2, 0.25) is 0 Å². The van der Waals surface area contributed by atoms with Gasteiger partial charge in [0.25, 0.3) is 0 Å². The van der Waals surface area contributed by atoms with Crippen molar-refractivity contribution in [1.82, 2.24) is 4.90 Å². The number of carbonyl (C=O) groups excluding carboxylic acids is 1. The van der Waals surface area contributed by atoms with Gasteiger partial charge in [-0.3, -0.25) is 4.79 Å². The molecule has 0 spiro atoms. The van der Waals surface area contributed by atoms with Crippen LogP contribution in [0.1, 0.15) is 27.2 Å². The molecule has 0 N–H and O–H groups in total. The van der Waals surface area contributed by atoms with Crippen molar-refractivity contribution in [3.63, 3.8) is 0 Å². The molecule has 86 valence electrons. The summed E-state index contributed by atoms with van der Waals surface area (Å²) in [5, 5.41) is 0. The van der Waals surface area contributed by atoms with Crippen LogP contribution in [0, 0.1) is 29.1 Å². The SMILES string of the molecule is C[C@@H]1[C@H]2C[C@@H]([C@H](CN(C)C)C2=O)C1(C)C. The molecule has 2 bridgehead atoms. The predicted molar refractivity (Wildman–Crippen MR) is 61.6 cm³/mol. The van der Waals surface area contributed by atoms with Gasteiger partial charge in [0.15, 0.2) is 0 Å². The van der Waals surface area contributed by atoms with Crippen molar-refractivity contribution in [3.05, 3.63) is 0 Å². The summed E-state index contributed by atoms with van der Waals surface area (Å²) in [7, 11) is 4.13. The van der Waals surface area contributed by atoms with Gasteiger partial charge in [-0.2, -0.15) is 0 Å². The molecule has 0 radical (unpaired) electrons. The predicted octanol–water partition coefficient (Wildman–Crippen LogP) is 2.05. The molecular formula is C13H23NO. The third kappa shape index (κ3) is 1.45. The van der Waals surface area contributed by atoms with Gasteiger partial charge in [-0.1, -0.05) is 20.8 Å². The Labute approximate surface area is 93.0 Å². The standard InChI is InChI=1S/C13H23NO/c1-8-9-6-11(13(8,2)3)10(12(9)15)7-14(4)5/h8-11H,6-7H2,1-5H3/t8-,9-,10+,11+/m1/s1. The van der Waals surface area contributed by atoms with E-state index >= 15 is 0 Å². The summed E-state index contributed by atoms with van der Waals surface area (Å²) in [5.41, 5.74) is 0.360. The molecule has 15 heavy (non-hydrogen) atoms. The van der Waals surface area contributed by atoms with Gasteiger partial charge in [0.1, 0.15) is 5.78 Å². The lowest BCUT2D eigenvalue weighted by Crippen LogP contribution is -2.43. The van der Waals surface area contributed by atoms with Crippen LogP contribution < -0.4 is 0 Å². The maximum Gasteiger partial charge on any atom is 0.140 e. The van der Waals surface area contributed by atoms with Gasteiger partial charge in [0, 0.05) is 18.4 Å². The van der Waals surface area contributed by atoms with E-state index in [0.717, 1.165) is 13.0 Å². The Morgan fingerprint density at radius 2 is 2.00 bits per heavy atom. The van der Waals surface area contributed by atoms with Crippen LogP contribution in [0.5, 0.6) is 0 Å². The van der Waals surface area contributed by atoms with Crippen LogP contribution in [-0.2, 0) is 4.79 Å². The van der Waals surface area contributed by atoms with Crippen molar-refractivity contribution in [2.45, 2.75) is 27.2 Å². The Bertz CT molecular complexity index is 282. The molecule has 4 atom stereocenters.